The summed E-state index contributed by atoms with van der Waals surface area (Å²) in [6.07, 6.45) is 3.44. The largest absolute Gasteiger partial charge is 0.344 e. The Bertz CT molecular complexity index is 553. The lowest BCUT2D eigenvalue weighted by Crippen LogP contribution is -2.27. The van der Waals surface area contributed by atoms with Crippen LogP contribution in [0.15, 0.2) is 29.9 Å². The molecule has 0 bridgehead atoms. The Labute approximate surface area is 115 Å². The van der Waals surface area contributed by atoms with Gasteiger partial charge in [0, 0.05) is 17.8 Å². The summed E-state index contributed by atoms with van der Waals surface area (Å²) in [5.41, 5.74) is 7.09. The van der Waals surface area contributed by atoms with Gasteiger partial charge in [0.15, 0.2) is 0 Å². The highest BCUT2D eigenvalue weighted by atomic mass is 32.1. The van der Waals surface area contributed by atoms with Gasteiger partial charge in [-0.1, -0.05) is 6.07 Å². The predicted molar refractivity (Wildman–Crippen MR) is 74.8 cm³/mol. The van der Waals surface area contributed by atoms with Gasteiger partial charge in [-0.2, -0.15) is 0 Å². The van der Waals surface area contributed by atoms with Crippen LogP contribution in [0.2, 0.25) is 0 Å². The summed E-state index contributed by atoms with van der Waals surface area (Å²) in [5.74, 6) is -0.195. The van der Waals surface area contributed by atoms with Crippen LogP contribution in [0.25, 0.3) is 0 Å². The summed E-state index contributed by atoms with van der Waals surface area (Å²) >= 11 is 1.40. The molecule has 0 aromatic carbocycles. The third-order valence-corrected chi connectivity index (χ3v) is 3.72. The van der Waals surface area contributed by atoms with Crippen molar-refractivity contribution in [1.29, 1.82) is 0 Å². The Morgan fingerprint density at radius 2 is 2.26 bits per heavy atom. The van der Waals surface area contributed by atoms with Gasteiger partial charge in [0.25, 0.3) is 5.91 Å². The van der Waals surface area contributed by atoms with Crippen molar-refractivity contribution in [2.75, 3.05) is 0 Å². The van der Waals surface area contributed by atoms with Gasteiger partial charge in [0.1, 0.15) is 10.7 Å². The fourth-order valence-corrected chi connectivity index (χ4v) is 2.34. The molecule has 0 radical (unpaired) electrons. The fourth-order valence-electron chi connectivity index (χ4n) is 1.59. The van der Waals surface area contributed by atoms with E-state index in [1.165, 1.54) is 11.3 Å². The van der Waals surface area contributed by atoms with Crippen molar-refractivity contribution in [1.82, 2.24) is 15.3 Å². The standard InChI is InChI=1S/C13H16N4OS/c1-8(14)13-17-11(7-19-13)12(18)16-9(2)10-4-3-5-15-6-10/h3-9H,14H2,1-2H3,(H,16,18)/t8?,9-/m1/s1. The SMILES string of the molecule is CC(N)c1nc(C(=O)N[C@H](C)c2cccnc2)cs1. The Hall–Kier alpha value is -1.79. The van der Waals surface area contributed by atoms with Crippen molar-refractivity contribution in [2.45, 2.75) is 25.9 Å². The zero-order valence-corrected chi connectivity index (χ0v) is 11.6. The molecule has 0 saturated carbocycles. The Kier molecular flexibility index (Phi) is 4.24. The number of carbonyl (C=O) groups is 1. The van der Waals surface area contributed by atoms with E-state index in [1.807, 2.05) is 26.0 Å². The minimum absolute atomic E-state index is 0.110. The average molecular weight is 276 g/mol. The highest BCUT2D eigenvalue weighted by Crippen LogP contribution is 2.17. The van der Waals surface area contributed by atoms with E-state index in [0.29, 0.717) is 5.69 Å². The predicted octanol–water partition coefficient (Wildman–Crippen LogP) is 2.05. The minimum atomic E-state index is -0.195. The zero-order chi connectivity index (χ0) is 13.8. The van der Waals surface area contributed by atoms with E-state index < -0.39 is 0 Å². The number of nitrogens with one attached hydrogen (secondary N) is 1. The van der Waals surface area contributed by atoms with Crippen LogP contribution in [0, 0.1) is 0 Å². The summed E-state index contributed by atoms with van der Waals surface area (Å²) in [5, 5.41) is 5.38. The van der Waals surface area contributed by atoms with E-state index in [9.17, 15) is 4.79 Å². The number of aromatic nitrogens is 2. The summed E-state index contributed by atoms with van der Waals surface area (Å²) in [4.78, 5) is 20.3. The fraction of sp³-hybridized carbons (Fsp3) is 0.308. The number of nitrogens with zero attached hydrogens (tertiary/aromatic N) is 2. The van der Waals surface area contributed by atoms with E-state index in [1.54, 1.807) is 17.8 Å². The smallest absolute Gasteiger partial charge is 0.271 e. The molecule has 0 fully saturated rings. The summed E-state index contributed by atoms with van der Waals surface area (Å²) in [6.45, 7) is 3.76. The number of hydrogen-bond donors (Lipinski definition) is 2. The van der Waals surface area contributed by atoms with Gasteiger partial charge in [0.2, 0.25) is 0 Å². The average Bonchev–Trinajstić information content (AvgIpc) is 2.89. The Morgan fingerprint density at radius 1 is 1.47 bits per heavy atom. The van der Waals surface area contributed by atoms with E-state index in [4.69, 9.17) is 5.73 Å². The van der Waals surface area contributed by atoms with Crippen LogP contribution in [0.4, 0.5) is 0 Å². The second-order valence-electron chi connectivity index (χ2n) is 4.34. The second kappa shape index (κ2) is 5.90. The molecule has 0 aliphatic carbocycles. The maximum absolute atomic E-state index is 12.0. The Morgan fingerprint density at radius 3 is 2.84 bits per heavy atom. The van der Waals surface area contributed by atoms with Crippen LogP contribution in [-0.4, -0.2) is 15.9 Å². The number of hydrogen-bond acceptors (Lipinski definition) is 5. The molecule has 100 valence electrons. The summed E-state index contributed by atoms with van der Waals surface area (Å²) in [6, 6.07) is 3.51. The van der Waals surface area contributed by atoms with Crippen LogP contribution in [-0.2, 0) is 0 Å². The molecular formula is C13H16N4OS. The number of carbonyl (C=O) groups excluding carboxylic acids is 1. The molecule has 2 rings (SSSR count). The van der Waals surface area contributed by atoms with Gasteiger partial charge in [-0.15, -0.1) is 11.3 Å². The second-order valence-corrected chi connectivity index (χ2v) is 5.23. The first-order chi connectivity index (χ1) is 9.08. The number of thiazole rings is 1. The molecule has 0 saturated heterocycles. The number of nitrogens with two attached hydrogens (primary N) is 1. The molecule has 19 heavy (non-hydrogen) atoms. The lowest BCUT2D eigenvalue weighted by Gasteiger charge is -2.12. The Balaban J connectivity index is 2.04. The molecule has 0 aliphatic heterocycles. The molecule has 2 heterocycles. The molecule has 2 atom stereocenters. The third kappa shape index (κ3) is 3.36. The zero-order valence-electron chi connectivity index (χ0n) is 10.8. The molecule has 1 unspecified atom stereocenters. The van der Waals surface area contributed by atoms with Crippen molar-refractivity contribution in [3.05, 3.63) is 46.2 Å². The van der Waals surface area contributed by atoms with Crippen LogP contribution >= 0.6 is 11.3 Å². The van der Waals surface area contributed by atoms with Crippen LogP contribution in [0.1, 0.15) is 47.0 Å². The van der Waals surface area contributed by atoms with Crippen molar-refractivity contribution < 1.29 is 4.79 Å². The van der Waals surface area contributed by atoms with Gasteiger partial charge < -0.3 is 11.1 Å². The number of amides is 1. The van der Waals surface area contributed by atoms with Gasteiger partial charge in [-0.05, 0) is 25.5 Å². The minimum Gasteiger partial charge on any atom is -0.344 e. The number of rotatable bonds is 4. The van der Waals surface area contributed by atoms with Crippen molar-refractivity contribution in [3.8, 4) is 0 Å². The van der Waals surface area contributed by atoms with Crippen LogP contribution in [0.3, 0.4) is 0 Å². The topological polar surface area (TPSA) is 80.9 Å². The third-order valence-electron chi connectivity index (χ3n) is 2.68. The lowest BCUT2D eigenvalue weighted by molar-refractivity contribution is 0.0935. The van der Waals surface area contributed by atoms with Crippen molar-refractivity contribution >= 4 is 17.2 Å². The monoisotopic (exact) mass is 276 g/mol. The molecule has 5 nitrogen and oxygen atoms in total. The van der Waals surface area contributed by atoms with Gasteiger partial charge in [-0.25, -0.2) is 4.98 Å². The molecule has 2 aromatic rings. The first-order valence-corrected chi connectivity index (χ1v) is 6.87. The first-order valence-electron chi connectivity index (χ1n) is 5.99. The summed E-state index contributed by atoms with van der Waals surface area (Å²) in [7, 11) is 0. The summed E-state index contributed by atoms with van der Waals surface area (Å²) < 4.78 is 0. The van der Waals surface area contributed by atoms with E-state index in [2.05, 4.69) is 15.3 Å². The normalized spacial score (nSPS) is 13.8. The molecule has 0 spiro atoms. The van der Waals surface area contributed by atoms with Crippen LogP contribution < -0.4 is 11.1 Å². The number of pyridine rings is 1. The van der Waals surface area contributed by atoms with Crippen LogP contribution in [0.5, 0.6) is 0 Å². The van der Waals surface area contributed by atoms with Gasteiger partial charge >= 0.3 is 0 Å². The van der Waals surface area contributed by atoms with E-state index >= 15 is 0 Å². The highest BCUT2D eigenvalue weighted by molar-refractivity contribution is 7.09. The quantitative estimate of drug-likeness (QED) is 0.895. The molecular weight excluding hydrogens is 260 g/mol. The molecule has 6 heteroatoms. The van der Waals surface area contributed by atoms with E-state index in [0.717, 1.165) is 10.6 Å². The van der Waals surface area contributed by atoms with Crippen molar-refractivity contribution in [3.63, 3.8) is 0 Å². The molecule has 3 N–H and O–H groups in total. The van der Waals surface area contributed by atoms with Crippen molar-refractivity contribution in [2.24, 2.45) is 5.73 Å². The van der Waals surface area contributed by atoms with E-state index in [-0.39, 0.29) is 18.0 Å². The molecule has 1 amide bonds. The highest BCUT2D eigenvalue weighted by Gasteiger charge is 2.15. The van der Waals surface area contributed by atoms with Gasteiger partial charge in [0.05, 0.1) is 12.1 Å². The van der Waals surface area contributed by atoms with Gasteiger partial charge in [-0.3, -0.25) is 9.78 Å². The maximum Gasteiger partial charge on any atom is 0.271 e. The lowest BCUT2D eigenvalue weighted by atomic mass is 10.1. The molecule has 0 aliphatic rings. The first kappa shape index (κ1) is 13.6. The molecule has 2 aromatic heterocycles. The maximum atomic E-state index is 12.0.